The predicted octanol–water partition coefficient (Wildman–Crippen LogP) is 7.45. The van der Waals surface area contributed by atoms with E-state index in [-0.39, 0.29) is 0 Å². The first-order valence-corrected chi connectivity index (χ1v) is 10.2. The second kappa shape index (κ2) is 7.72. The third-order valence-corrected chi connectivity index (χ3v) is 5.57. The summed E-state index contributed by atoms with van der Waals surface area (Å²) in [6.07, 6.45) is 0. The van der Waals surface area contributed by atoms with Gasteiger partial charge in [-0.25, -0.2) is 4.98 Å². The Kier molecular flexibility index (Phi) is 5.18. The van der Waals surface area contributed by atoms with Crippen molar-refractivity contribution < 1.29 is 0 Å². The average molecular weight is 512 g/mol. The monoisotopic (exact) mass is 511 g/mol. The fourth-order valence-electron chi connectivity index (χ4n) is 2.93. The maximum atomic E-state index is 4.97. The molecular formula is C23H15BrIN. The first-order valence-electron chi connectivity index (χ1n) is 8.29. The average Bonchev–Trinajstić information content (AvgIpc) is 2.69. The molecule has 0 aliphatic heterocycles. The zero-order valence-electron chi connectivity index (χ0n) is 13.9. The predicted molar refractivity (Wildman–Crippen MR) is 121 cm³/mol. The summed E-state index contributed by atoms with van der Waals surface area (Å²) >= 11 is 6.01. The van der Waals surface area contributed by atoms with Crippen molar-refractivity contribution >= 4 is 38.5 Å². The molecule has 1 heterocycles. The molecule has 26 heavy (non-hydrogen) atoms. The summed E-state index contributed by atoms with van der Waals surface area (Å²) in [5.41, 5.74) is 6.53. The van der Waals surface area contributed by atoms with Crippen molar-refractivity contribution in [2.75, 3.05) is 0 Å². The van der Waals surface area contributed by atoms with Gasteiger partial charge in [0.1, 0.15) is 0 Å². The lowest BCUT2D eigenvalue weighted by Gasteiger charge is -2.11. The first-order chi connectivity index (χ1) is 12.7. The van der Waals surface area contributed by atoms with Crippen molar-refractivity contribution in [1.82, 2.24) is 4.98 Å². The molecule has 0 spiro atoms. The van der Waals surface area contributed by atoms with Crippen LogP contribution in [0.1, 0.15) is 0 Å². The second-order valence-corrected chi connectivity index (χ2v) is 8.08. The van der Waals surface area contributed by atoms with Crippen LogP contribution in [0.25, 0.3) is 33.6 Å². The number of benzene rings is 3. The normalized spacial score (nSPS) is 10.7. The molecule has 0 aliphatic rings. The Labute approximate surface area is 175 Å². The molecule has 3 heteroatoms. The van der Waals surface area contributed by atoms with E-state index in [2.05, 4.69) is 111 Å². The highest BCUT2D eigenvalue weighted by atomic mass is 127. The van der Waals surface area contributed by atoms with Gasteiger partial charge < -0.3 is 0 Å². The molecule has 4 rings (SSSR count). The third kappa shape index (κ3) is 3.74. The fraction of sp³-hybridized carbons (Fsp3) is 0. The van der Waals surface area contributed by atoms with Crippen LogP contribution in [0, 0.1) is 3.57 Å². The van der Waals surface area contributed by atoms with Crippen molar-refractivity contribution in [2.24, 2.45) is 0 Å². The summed E-state index contributed by atoms with van der Waals surface area (Å²) in [6, 6.07) is 31.5. The summed E-state index contributed by atoms with van der Waals surface area (Å²) in [4.78, 5) is 4.97. The first kappa shape index (κ1) is 17.4. The van der Waals surface area contributed by atoms with E-state index >= 15 is 0 Å². The number of pyridine rings is 1. The van der Waals surface area contributed by atoms with Gasteiger partial charge >= 0.3 is 0 Å². The molecule has 4 aromatic rings. The Bertz CT molecular complexity index is 1060. The molecule has 1 aromatic heterocycles. The van der Waals surface area contributed by atoms with Crippen LogP contribution >= 0.6 is 38.5 Å². The summed E-state index contributed by atoms with van der Waals surface area (Å²) in [7, 11) is 0. The lowest BCUT2D eigenvalue weighted by atomic mass is 10.00. The summed E-state index contributed by atoms with van der Waals surface area (Å²) < 4.78 is 2.25. The largest absolute Gasteiger partial charge is 0.248 e. The lowest BCUT2D eigenvalue weighted by Crippen LogP contribution is -1.92. The van der Waals surface area contributed by atoms with E-state index in [0.717, 1.165) is 27.0 Å². The molecule has 0 aliphatic carbocycles. The molecule has 0 radical (unpaired) electrons. The van der Waals surface area contributed by atoms with E-state index in [1.807, 2.05) is 18.2 Å². The maximum Gasteiger partial charge on any atom is 0.0727 e. The summed E-state index contributed by atoms with van der Waals surface area (Å²) in [6.45, 7) is 0. The van der Waals surface area contributed by atoms with Crippen molar-refractivity contribution in [3.05, 3.63) is 99.0 Å². The molecule has 0 fully saturated rings. The smallest absolute Gasteiger partial charge is 0.0727 e. The van der Waals surface area contributed by atoms with Crippen LogP contribution in [0.2, 0.25) is 0 Å². The highest BCUT2D eigenvalue weighted by Crippen LogP contribution is 2.33. The van der Waals surface area contributed by atoms with Crippen LogP contribution in [0.3, 0.4) is 0 Å². The van der Waals surface area contributed by atoms with Crippen LogP contribution in [0.15, 0.2) is 95.5 Å². The fourth-order valence-corrected chi connectivity index (χ4v) is 3.96. The molecule has 0 saturated heterocycles. The van der Waals surface area contributed by atoms with Gasteiger partial charge in [0.25, 0.3) is 0 Å². The highest BCUT2D eigenvalue weighted by molar-refractivity contribution is 14.1. The van der Waals surface area contributed by atoms with Crippen molar-refractivity contribution in [3.63, 3.8) is 0 Å². The Morgan fingerprint density at radius 1 is 0.615 bits per heavy atom. The van der Waals surface area contributed by atoms with Crippen LogP contribution < -0.4 is 0 Å². The van der Waals surface area contributed by atoms with Gasteiger partial charge in [-0.15, -0.1) is 0 Å². The minimum absolute atomic E-state index is 0.965. The molecule has 0 bridgehead atoms. The Balaban J connectivity index is 1.95. The number of hydrogen-bond acceptors (Lipinski definition) is 1. The van der Waals surface area contributed by atoms with Gasteiger partial charge in [0, 0.05) is 19.2 Å². The summed E-state index contributed by atoms with van der Waals surface area (Å²) in [5, 5.41) is 0. The Morgan fingerprint density at radius 3 is 2.08 bits per heavy atom. The number of aromatic nitrogens is 1. The van der Waals surface area contributed by atoms with E-state index in [4.69, 9.17) is 4.98 Å². The van der Waals surface area contributed by atoms with E-state index in [9.17, 15) is 0 Å². The van der Waals surface area contributed by atoms with Crippen LogP contribution in [-0.4, -0.2) is 4.98 Å². The van der Waals surface area contributed by atoms with Crippen molar-refractivity contribution in [1.29, 1.82) is 0 Å². The van der Waals surface area contributed by atoms with Gasteiger partial charge in [0.05, 0.1) is 11.4 Å². The van der Waals surface area contributed by atoms with Gasteiger partial charge in [-0.2, -0.15) is 0 Å². The van der Waals surface area contributed by atoms with E-state index in [1.54, 1.807) is 0 Å². The van der Waals surface area contributed by atoms with Gasteiger partial charge in [-0.3, -0.25) is 0 Å². The molecule has 3 aromatic carbocycles. The highest BCUT2D eigenvalue weighted by Gasteiger charge is 2.10. The standard InChI is InChI=1S/C23H15BrIN/c24-21-12-5-4-11-20(21)23-15-18(16-7-2-1-3-8-16)14-22(26-23)17-9-6-10-19(25)13-17/h1-15H. The molecule has 0 saturated carbocycles. The van der Waals surface area contributed by atoms with Gasteiger partial charge in [0.2, 0.25) is 0 Å². The molecular weight excluding hydrogens is 497 g/mol. The van der Waals surface area contributed by atoms with Crippen LogP contribution in [0.5, 0.6) is 0 Å². The zero-order valence-corrected chi connectivity index (χ0v) is 17.6. The van der Waals surface area contributed by atoms with E-state index in [1.165, 1.54) is 14.7 Å². The Morgan fingerprint density at radius 2 is 1.31 bits per heavy atom. The van der Waals surface area contributed by atoms with Gasteiger partial charge in [0.15, 0.2) is 0 Å². The number of halogens is 2. The SMILES string of the molecule is Brc1ccccc1-c1cc(-c2ccccc2)cc(-c2cccc(I)c2)n1. The van der Waals surface area contributed by atoms with Gasteiger partial charge in [-0.1, -0.05) is 76.6 Å². The van der Waals surface area contributed by atoms with Crippen LogP contribution in [0.4, 0.5) is 0 Å². The maximum absolute atomic E-state index is 4.97. The third-order valence-electron chi connectivity index (χ3n) is 4.20. The number of rotatable bonds is 3. The number of nitrogens with zero attached hydrogens (tertiary/aromatic N) is 1. The second-order valence-electron chi connectivity index (χ2n) is 5.98. The minimum atomic E-state index is 0.965. The molecule has 0 amide bonds. The topological polar surface area (TPSA) is 12.9 Å². The molecule has 0 atom stereocenters. The van der Waals surface area contributed by atoms with Gasteiger partial charge in [-0.05, 0) is 64.0 Å². The van der Waals surface area contributed by atoms with Crippen molar-refractivity contribution in [3.8, 4) is 33.6 Å². The zero-order chi connectivity index (χ0) is 17.9. The van der Waals surface area contributed by atoms with E-state index < -0.39 is 0 Å². The summed E-state index contributed by atoms with van der Waals surface area (Å²) in [5.74, 6) is 0. The number of hydrogen-bond donors (Lipinski definition) is 0. The molecule has 0 unspecified atom stereocenters. The molecule has 126 valence electrons. The molecule has 0 N–H and O–H groups in total. The van der Waals surface area contributed by atoms with Crippen molar-refractivity contribution in [2.45, 2.75) is 0 Å². The quantitative estimate of drug-likeness (QED) is 0.260. The van der Waals surface area contributed by atoms with Crippen LogP contribution in [-0.2, 0) is 0 Å². The minimum Gasteiger partial charge on any atom is -0.248 e. The lowest BCUT2D eigenvalue weighted by molar-refractivity contribution is 1.32. The Hall–Kier alpha value is -1.98. The van der Waals surface area contributed by atoms with E-state index in [0.29, 0.717) is 0 Å². The molecule has 1 nitrogen and oxygen atoms in total.